The molecule has 0 spiro atoms. The number of sulfonamides is 1. The molecule has 7 heteroatoms. The van der Waals surface area contributed by atoms with Crippen LogP contribution in [0.4, 0.5) is 0 Å². The van der Waals surface area contributed by atoms with E-state index in [4.69, 9.17) is 11.6 Å². The van der Waals surface area contributed by atoms with E-state index in [-0.39, 0.29) is 10.1 Å². The smallest absolute Gasteiger partial charge is 0.250 e. The van der Waals surface area contributed by atoms with Gasteiger partial charge in [-0.25, -0.2) is 13.1 Å². The van der Waals surface area contributed by atoms with Crippen LogP contribution in [0.2, 0.25) is 4.34 Å². The molecular weight excluding hydrogens is 330 g/mol. The van der Waals surface area contributed by atoms with E-state index in [2.05, 4.69) is 11.3 Å². The van der Waals surface area contributed by atoms with E-state index >= 15 is 0 Å². The molecule has 120 valence electrons. The first-order chi connectivity index (χ1) is 9.67. The van der Waals surface area contributed by atoms with E-state index in [1.807, 2.05) is 20.8 Å². The Kier molecular flexibility index (Phi) is 6.87. The quantitative estimate of drug-likeness (QED) is 0.705. The normalized spacial score (nSPS) is 16.4. The van der Waals surface area contributed by atoms with Gasteiger partial charge in [-0.2, -0.15) is 0 Å². The van der Waals surface area contributed by atoms with Gasteiger partial charge in [0.15, 0.2) is 0 Å². The summed E-state index contributed by atoms with van der Waals surface area (Å²) >= 11 is 6.79. The van der Waals surface area contributed by atoms with Crippen molar-refractivity contribution in [2.75, 3.05) is 0 Å². The van der Waals surface area contributed by atoms with Gasteiger partial charge in [0, 0.05) is 0 Å². The fourth-order valence-corrected chi connectivity index (χ4v) is 4.87. The molecule has 2 N–H and O–H groups in total. The molecule has 0 aromatic carbocycles. The molecule has 1 rings (SSSR count). The monoisotopic (exact) mass is 351 g/mol. The Bertz CT molecular complexity index is 583. The van der Waals surface area contributed by atoms with E-state index in [1.165, 1.54) is 6.07 Å². The minimum atomic E-state index is -3.68. The van der Waals surface area contributed by atoms with Crippen LogP contribution in [0, 0.1) is 5.92 Å². The molecular formula is C14H22ClNO3S2. The van der Waals surface area contributed by atoms with Crippen LogP contribution in [0.5, 0.6) is 0 Å². The van der Waals surface area contributed by atoms with Gasteiger partial charge in [0.05, 0.1) is 16.5 Å². The summed E-state index contributed by atoms with van der Waals surface area (Å²) in [5.74, 6) is 0.00422. The summed E-state index contributed by atoms with van der Waals surface area (Å²) in [7, 11) is -3.68. The molecule has 21 heavy (non-hydrogen) atoms. The largest absolute Gasteiger partial charge is 0.391 e. The van der Waals surface area contributed by atoms with Crippen LogP contribution in [-0.2, 0) is 10.0 Å². The van der Waals surface area contributed by atoms with Gasteiger partial charge in [0.1, 0.15) is 4.21 Å². The zero-order valence-electron chi connectivity index (χ0n) is 12.5. The van der Waals surface area contributed by atoms with Gasteiger partial charge in [-0.1, -0.05) is 37.4 Å². The van der Waals surface area contributed by atoms with Crippen LogP contribution >= 0.6 is 22.9 Å². The fraction of sp³-hybridized carbons (Fsp3) is 0.571. The van der Waals surface area contributed by atoms with Gasteiger partial charge in [-0.15, -0.1) is 17.9 Å². The van der Waals surface area contributed by atoms with Crippen LogP contribution in [0.15, 0.2) is 28.5 Å². The van der Waals surface area contributed by atoms with Crippen molar-refractivity contribution < 1.29 is 13.5 Å². The lowest BCUT2D eigenvalue weighted by atomic mass is 9.92. The van der Waals surface area contributed by atoms with Crippen LogP contribution < -0.4 is 4.72 Å². The molecule has 0 saturated heterocycles. The van der Waals surface area contributed by atoms with Gasteiger partial charge >= 0.3 is 0 Å². The van der Waals surface area contributed by atoms with Crippen molar-refractivity contribution in [3.63, 3.8) is 0 Å². The number of aliphatic hydroxyl groups excluding tert-OH is 1. The van der Waals surface area contributed by atoms with Crippen LogP contribution in [0.3, 0.4) is 0 Å². The lowest BCUT2D eigenvalue weighted by Crippen LogP contribution is -2.47. The third-order valence-electron chi connectivity index (χ3n) is 3.33. The second kappa shape index (κ2) is 7.74. The Morgan fingerprint density at radius 3 is 2.57 bits per heavy atom. The number of thiophene rings is 1. The van der Waals surface area contributed by atoms with Gasteiger partial charge in [0.25, 0.3) is 0 Å². The van der Waals surface area contributed by atoms with Crippen LogP contribution in [0.25, 0.3) is 0 Å². The molecule has 1 heterocycles. The first-order valence-corrected chi connectivity index (χ1v) is 9.45. The predicted octanol–water partition coefficient (Wildman–Crippen LogP) is 3.42. The molecule has 3 atom stereocenters. The molecule has 0 aliphatic rings. The summed E-state index contributed by atoms with van der Waals surface area (Å²) in [6.45, 7) is 9.45. The van der Waals surface area contributed by atoms with Crippen molar-refractivity contribution in [2.24, 2.45) is 5.92 Å². The van der Waals surface area contributed by atoms with Gasteiger partial charge in [0.2, 0.25) is 10.0 Å². The molecule has 0 aliphatic carbocycles. The summed E-state index contributed by atoms with van der Waals surface area (Å²) in [4.78, 5) is 0. The topological polar surface area (TPSA) is 66.4 Å². The van der Waals surface area contributed by atoms with Crippen molar-refractivity contribution in [1.82, 2.24) is 4.72 Å². The minimum Gasteiger partial charge on any atom is -0.391 e. The van der Waals surface area contributed by atoms with Gasteiger partial charge < -0.3 is 5.11 Å². The Balaban J connectivity index is 2.97. The van der Waals surface area contributed by atoms with E-state index in [0.717, 1.165) is 23.3 Å². The Morgan fingerprint density at radius 2 is 2.14 bits per heavy atom. The highest BCUT2D eigenvalue weighted by Gasteiger charge is 2.30. The van der Waals surface area contributed by atoms with E-state index in [0.29, 0.717) is 10.8 Å². The summed E-state index contributed by atoms with van der Waals surface area (Å²) in [6, 6.07) is 2.45. The van der Waals surface area contributed by atoms with Crippen LogP contribution in [0.1, 0.15) is 33.6 Å². The molecule has 1 aromatic rings. The van der Waals surface area contributed by atoms with E-state index in [1.54, 1.807) is 6.07 Å². The number of rotatable bonds is 8. The van der Waals surface area contributed by atoms with Crippen molar-refractivity contribution in [3.8, 4) is 0 Å². The lowest BCUT2D eigenvalue weighted by molar-refractivity contribution is 0.111. The summed E-state index contributed by atoms with van der Waals surface area (Å²) < 4.78 is 27.9. The second-order valence-electron chi connectivity index (χ2n) is 5.32. The fourth-order valence-electron chi connectivity index (χ4n) is 1.99. The highest BCUT2D eigenvalue weighted by molar-refractivity contribution is 7.91. The van der Waals surface area contributed by atoms with Crippen molar-refractivity contribution in [2.45, 2.75) is 50.0 Å². The maximum Gasteiger partial charge on any atom is 0.250 e. The Labute approximate surface area is 135 Å². The Morgan fingerprint density at radius 1 is 1.52 bits per heavy atom. The van der Waals surface area contributed by atoms with E-state index in [9.17, 15) is 13.5 Å². The van der Waals surface area contributed by atoms with Crippen molar-refractivity contribution in [3.05, 3.63) is 28.6 Å². The number of hydrogen-bond donors (Lipinski definition) is 2. The third kappa shape index (κ3) is 5.38. The van der Waals surface area contributed by atoms with Crippen molar-refractivity contribution >= 4 is 33.0 Å². The number of hydrogen-bond acceptors (Lipinski definition) is 4. The van der Waals surface area contributed by atoms with E-state index < -0.39 is 22.2 Å². The number of aliphatic hydroxyl groups is 1. The zero-order chi connectivity index (χ0) is 16.2. The first-order valence-electron chi connectivity index (χ1n) is 6.77. The molecule has 0 unspecified atom stereocenters. The summed E-state index contributed by atoms with van der Waals surface area (Å²) in [5.41, 5.74) is 0.814. The van der Waals surface area contributed by atoms with Crippen molar-refractivity contribution in [1.29, 1.82) is 0 Å². The average Bonchev–Trinajstić information content (AvgIpc) is 2.81. The SMILES string of the molecule is C=C(C)C[C@@H](O)[C@@H](NS(=O)(=O)c1ccc(Cl)s1)[C@@H](C)CC. The molecule has 0 amide bonds. The molecule has 0 aliphatic heterocycles. The lowest BCUT2D eigenvalue weighted by Gasteiger charge is -2.28. The summed E-state index contributed by atoms with van der Waals surface area (Å²) in [6.07, 6.45) is 0.316. The maximum atomic E-state index is 12.4. The van der Waals surface area contributed by atoms with Crippen LogP contribution in [-0.4, -0.2) is 25.7 Å². The van der Waals surface area contributed by atoms with Gasteiger partial charge in [-0.05, 0) is 31.4 Å². The standard InChI is InChI=1S/C14H22ClNO3S2/c1-5-10(4)14(11(17)8-9(2)3)16-21(18,19)13-7-6-12(15)20-13/h6-7,10-11,14,16-17H,2,5,8H2,1,3-4H3/t10-,11+,14-/m0/s1. The summed E-state index contributed by atoms with van der Waals surface area (Å²) in [5, 5.41) is 10.3. The molecule has 0 saturated carbocycles. The zero-order valence-corrected chi connectivity index (χ0v) is 14.9. The second-order valence-corrected chi connectivity index (χ2v) is 8.98. The predicted molar refractivity (Wildman–Crippen MR) is 88.3 cm³/mol. The number of nitrogens with one attached hydrogen (secondary N) is 1. The highest BCUT2D eigenvalue weighted by Crippen LogP contribution is 2.27. The molecule has 0 fully saturated rings. The average molecular weight is 352 g/mol. The third-order valence-corrected chi connectivity index (χ3v) is 6.52. The maximum absolute atomic E-state index is 12.4. The number of halogens is 1. The Hall–Kier alpha value is -0.400. The molecule has 4 nitrogen and oxygen atoms in total. The highest BCUT2D eigenvalue weighted by atomic mass is 35.5. The molecule has 0 radical (unpaired) electrons. The van der Waals surface area contributed by atoms with Gasteiger partial charge in [-0.3, -0.25) is 0 Å². The molecule has 1 aromatic heterocycles. The minimum absolute atomic E-state index is 0.00422. The first kappa shape index (κ1) is 18.6. The molecule has 0 bridgehead atoms.